The second kappa shape index (κ2) is 8.14. The first-order chi connectivity index (χ1) is 15.3. The third kappa shape index (κ3) is 3.90. The van der Waals surface area contributed by atoms with Crippen LogP contribution in [0.1, 0.15) is 35.1 Å². The van der Waals surface area contributed by atoms with Gasteiger partial charge in [-0.05, 0) is 66.8 Å². The smallest absolute Gasteiger partial charge is 0.261 e. The number of aryl methyl sites for hydroxylation is 1. The van der Waals surface area contributed by atoms with Gasteiger partial charge in [0.1, 0.15) is 0 Å². The van der Waals surface area contributed by atoms with Crippen LogP contribution in [0, 0.1) is 12.8 Å². The first-order valence-electron chi connectivity index (χ1n) is 10.4. The van der Waals surface area contributed by atoms with Crippen molar-refractivity contribution in [1.82, 2.24) is 0 Å². The van der Waals surface area contributed by atoms with Gasteiger partial charge in [0.2, 0.25) is 0 Å². The average Bonchev–Trinajstić information content (AvgIpc) is 3.25. The third-order valence-corrected chi connectivity index (χ3v) is 8.15. The quantitative estimate of drug-likeness (QED) is 0.394. The van der Waals surface area contributed by atoms with Gasteiger partial charge in [0.25, 0.3) is 10.0 Å². The zero-order chi connectivity index (χ0) is 22.5. The minimum absolute atomic E-state index is 0.154. The molecule has 2 N–H and O–H groups in total. The normalized spacial score (nSPS) is 21.5. The van der Waals surface area contributed by atoms with E-state index in [4.69, 9.17) is 23.2 Å². The summed E-state index contributed by atoms with van der Waals surface area (Å²) >= 11 is 12.2. The summed E-state index contributed by atoms with van der Waals surface area (Å²) in [6.45, 7) is 2.10. The van der Waals surface area contributed by atoms with Gasteiger partial charge in [-0.25, -0.2) is 8.42 Å². The Balaban J connectivity index is 1.50. The SMILES string of the molecule is Cc1cccc([C@@H]2Nc3ccc(S(=O)(=O)Nc4cc(Cl)ccc4Cl)cc3[C@H]3C=CC[C@@H]32)c1. The molecule has 0 unspecified atom stereocenters. The van der Waals surface area contributed by atoms with Crippen LogP contribution in [-0.4, -0.2) is 8.42 Å². The highest BCUT2D eigenvalue weighted by Crippen LogP contribution is 2.50. The molecule has 3 aromatic carbocycles. The second-order valence-electron chi connectivity index (χ2n) is 8.37. The molecule has 3 atom stereocenters. The zero-order valence-electron chi connectivity index (χ0n) is 17.3. The van der Waals surface area contributed by atoms with Crippen LogP contribution in [-0.2, 0) is 10.0 Å². The van der Waals surface area contributed by atoms with Crippen LogP contribution < -0.4 is 10.0 Å². The molecule has 32 heavy (non-hydrogen) atoms. The summed E-state index contributed by atoms with van der Waals surface area (Å²) in [7, 11) is -3.83. The molecule has 5 rings (SSSR count). The molecule has 164 valence electrons. The molecule has 0 bridgehead atoms. The van der Waals surface area contributed by atoms with E-state index < -0.39 is 10.0 Å². The summed E-state index contributed by atoms with van der Waals surface area (Å²) in [6, 6.07) is 18.7. The van der Waals surface area contributed by atoms with E-state index in [1.165, 1.54) is 17.2 Å². The van der Waals surface area contributed by atoms with E-state index in [0.717, 1.165) is 17.7 Å². The Morgan fingerprint density at radius 3 is 2.69 bits per heavy atom. The Hall–Kier alpha value is -2.47. The molecule has 4 nitrogen and oxygen atoms in total. The van der Waals surface area contributed by atoms with Crippen LogP contribution >= 0.6 is 23.2 Å². The first kappa shape index (κ1) is 21.4. The molecule has 0 saturated carbocycles. The van der Waals surface area contributed by atoms with Crippen molar-refractivity contribution in [2.75, 3.05) is 10.0 Å². The Kier molecular flexibility index (Phi) is 5.44. The molecule has 0 saturated heterocycles. The number of halogens is 2. The summed E-state index contributed by atoms with van der Waals surface area (Å²) in [5.41, 5.74) is 4.69. The van der Waals surface area contributed by atoms with Crippen LogP contribution in [0.4, 0.5) is 11.4 Å². The lowest BCUT2D eigenvalue weighted by molar-refractivity contribution is 0.425. The number of anilines is 2. The van der Waals surface area contributed by atoms with Gasteiger partial charge in [0.15, 0.2) is 0 Å². The molecular weight excluding hydrogens is 463 g/mol. The minimum Gasteiger partial charge on any atom is -0.378 e. The number of allylic oxidation sites excluding steroid dienone is 2. The largest absolute Gasteiger partial charge is 0.378 e. The van der Waals surface area contributed by atoms with Crippen molar-refractivity contribution < 1.29 is 8.42 Å². The van der Waals surface area contributed by atoms with Crippen LogP contribution in [0.25, 0.3) is 0 Å². The summed E-state index contributed by atoms with van der Waals surface area (Å²) in [6.07, 6.45) is 5.34. The monoisotopic (exact) mass is 484 g/mol. The van der Waals surface area contributed by atoms with Crippen molar-refractivity contribution >= 4 is 44.6 Å². The predicted octanol–water partition coefficient (Wildman–Crippen LogP) is 6.93. The third-order valence-electron chi connectivity index (χ3n) is 6.22. The highest BCUT2D eigenvalue weighted by Gasteiger charge is 2.38. The lowest BCUT2D eigenvalue weighted by atomic mass is 9.77. The zero-order valence-corrected chi connectivity index (χ0v) is 19.7. The maximum absolute atomic E-state index is 13.1. The van der Waals surface area contributed by atoms with Crippen molar-refractivity contribution in [3.05, 3.63) is 99.6 Å². The standard InChI is InChI=1S/C25H22Cl2N2O2S/c1-15-4-2-5-16(12-15)25-20-7-3-6-19(20)21-14-18(9-11-23(21)28-25)32(30,31)29-24-13-17(26)8-10-22(24)27/h2-6,8-14,19-20,25,28-29H,7H2,1H3/t19-,20-,25-/m0/s1. The molecule has 2 aliphatic rings. The Morgan fingerprint density at radius 2 is 1.88 bits per heavy atom. The van der Waals surface area contributed by atoms with Crippen LogP contribution in [0.3, 0.4) is 0 Å². The van der Waals surface area contributed by atoms with Gasteiger partial charge in [-0.2, -0.15) is 0 Å². The molecule has 0 amide bonds. The van der Waals surface area contributed by atoms with Crippen molar-refractivity contribution in [2.24, 2.45) is 5.92 Å². The lowest BCUT2D eigenvalue weighted by Gasteiger charge is -2.37. The van der Waals surface area contributed by atoms with Gasteiger partial charge >= 0.3 is 0 Å². The van der Waals surface area contributed by atoms with Gasteiger partial charge in [-0.1, -0.05) is 65.2 Å². The van der Waals surface area contributed by atoms with Crippen molar-refractivity contribution in [2.45, 2.75) is 30.2 Å². The number of benzene rings is 3. The number of hydrogen-bond donors (Lipinski definition) is 2. The first-order valence-corrected chi connectivity index (χ1v) is 12.7. The number of fused-ring (bicyclic) bond motifs is 3. The molecule has 0 radical (unpaired) electrons. The molecule has 0 spiro atoms. The molecule has 1 heterocycles. The van der Waals surface area contributed by atoms with E-state index in [1.54, 1.807) is 24.3 Å². The van der Waals surface area contributed by atoms with Crippen molar-refractivity contribution in [3.63, 3.8) is 0 Å². The Bertz CT molecular complexity index is 1340. The predicted molar refractivity (Wildman–Crippen MR) is 131 cm³/mol. The average molecular weight is 485 g/mol. The fourth-order valence-electron chi connectivity index (χ4n) is 4.71. The van der Waals surface area contributed by atoms with Crippen LogP contribution in [0.5, 0.6) is 0 Å². The molecule has 7 heteroatoms. The lowest BCUT2D eigenvalue weighted by Crippen LogP contribution is -2.29. The number of rotatable bonds is 4. The van der Waals surface area contributed by atoms with E-state index in [0.29, 0.717) is 10.9 Å². The highest BCUT2D eigenvalue weighted by molar-refractivity contribution is 7.92. The molecule has 1 aliphatic carbocycles. The van der Waals surface area contributed by atoms with E-state index in [1.807, 2.05) is 6.07 Å². The molecular formula is C25H22Cl2N2O2S. The van der Waals surface area contributed by atoms with Crippen LogP contribution in [0.2, 0.25) is 10.0 Å². The topological polar surface area (TPSA) is 58.2 Å². The van der Waals surface area contributed by atoms with Crippen LogP contribution in [0.15, 0.2) is 77.7 Å². The minimum atomic E-state index is -3.83. The van der Waals surface area contributed by atoms with E-state index in [2.05, 4.69) is 53.4 Å². The summed E-state index contributed by atoms with van der Waals surface area (Å²) in [4.78, 5) is 0.196. The molecule has 1 aliphatic heterocycles. The van der Waals surface area contributed by atoms with E-state index >= 15 is 0 Å². The fraction of sp³-hybridized carbons (Fsp3) is 0.200. The van der Waals surface area contributed by atoms with Gasteiger partial charge in [-0.15, -0.1) is 0 Å². The van der Waals surface area contributed by atoms with E-state index in [-0.39, 0.29) is 27.6 Å². The second-order valence-corrected chi connectivity index (χ2v) is 10.9. The van der Waals surface area contributed by atoms with Gasteiger partial charge < -0.3 is 5.32 Å². The number of nitrogens with one attached hydrogen (secondary N) is 2. The molecule has 3 aromatic rings. The van der Waals surface area contributed by atoms with E-state index in [9.17, 15) is 8.42 Å². The summed E-state index contributed by atoms with van der Waals surface area (Å²) in [5.74, 6) is 0.485. The van der Waals surface area contributed by atoms with Gasteiger partial charge in [0, 0.05) is 16.6 Å². The maximum Gasteiger partial charge on any atom is 0.261 e. The Morgan fingerprint density at radius 1 is 1.03 bits per heavy atom. The van der Waals surface area contributed by atoms with Gasteiger partial charge in [0.05, 0.1) is 21.6 Å². The number of hydrogen-bond acceptors (Lipinski definition) is 3. The highest BCUT2D eigenvalue weighted by atomic mass is 35.5. The summed E-state index contributed by atoms with van der Waals surface area (Å²) in [5, 5.41) is 4.36. The maximum atomic E-state index is 13.1. The molecule has 0 fully saturated rings. The fourth-order valence-corrected chi connectivity index (χ4v) is 6.21. The number of sulfonamides is 1. The van der Waals surface area contributed by atoms with Gasteiger partial charge in [-0.3, -0.25) is 4.72 Å². The Labute approximate surface area is 198 Å². The molecule has 0 aromatic heterocycles. The van der Waals surface area contributed by atoms with Crippen molar-refractivity contribution in [1.29, 1.82) is 0 Å². The summed E-state index contributed by atoms with van der Waals surface area (Å²) < 4.78 is 28.8. The van der Waals surface area contributed by atoms with Crippen molar-refractivity contribution in [3.8, 4) is 0 Å².